The van der Waals surface area contributed by atoms with Crippen molar-refractivity contribution < 1.29 is 14.3 Å². The lowest BCUT2D eigenvalue weighted by atomic mass is 10.2. The van der Waals surface area contributed by atoms with Gasteiger partial charge in [-0.05, 0) is 79.3 Å². The van der Waals surface area contributed by atoms with Gasteiger partial charge in [-0.3, -0.25) is 10.1 Å². The number of carbonyl (C=O) groups excluding carboxylic acids is 1. The van der Waals surface area contributed by atoms with Gasteiger partial charge < -0.3 is 14.8 Å². The van der Waals surface area contributed by atoms with Crippen LogP contribution in [0.3, 0.4) is 0 Å². The third-order valence-electron chi connectivity index (χ3n) is 4.70. The van der Waals surface area contributed by atoms with Crippen LogP contribution in [0.25, 0.3) is 0 Å². The number of rotatable bonds is 10. The van der Waals surface area contributed by atoms with Crippen LogP contribution < -0.4 is 20.1 Å². The van der Waals surface area contributed by atoms with E-state index in [4.69, 9.17) is 21.7 Å². The summed E-state index contributed by atoms with van der Waals surface area (Å²) < 4.78 is 11.5. The van der Waals surface area contributed by atoms with Crippen molar-refractivity contribution in [1.82, 2.24) is 5.32 Å². The fourth-order valence-electron chi connectivity index (χ4n) is 2.99. The Hall–Kier alpha value is -3.38. The third kappa shape index (κ3) is 7.71. The van der Waals surface area contributed by atoms with E-state index in [1.54, 1.807) is 24.3 Å². The van der Waals surface area contributed by atoms with Crippen LogP contribution in [0.4, 0.5) is 5.69 Å². The summed E-state index contributed by atoms with van der Waals surface area (Å²) in [7, 11) is 0. The molecule has 0 aliphatic carbocycles. The van der Waals surface area contributed by atoms with Crippen molar-refractivity contribution in [1.29, 1.82) is 0 Å². The van der Waals surface area contributed by atoms with Gasteiger partial charge in [0.05, 0.1) is 6.61 Å². The Morgan fingerprint density at radius 1 is 0.812 bits per heavy atom. The molecule has 0 aromatic heterocycles. The summed E-state index contributed by atoms with van der Waals surface area (Å²) in [4.78, 5) is 12.4. The minimum atomic E-state index is -0.277. The summed E-state index contributed by atoms with van der Waals surface area (Å²) in [5.41, 5.74) is 1.27. The van der Waals surface area contributed by atoms with Gasteiger partial charge in [-0.2, -0.15) is 0 Å². The van der Waals surface area contributed by atoms with Crippen molar-refractivity contribution in [2.75, 3.05) is 11.9 Å². The predicted octanol–water partition coefficient (Wildman–Crippen LogP) is 6.56. The van der Waals surface area contributed by atoms with Crippen LogP contribution in [0.1, 0.15) is 43.0 Å². The second kappa shape index (κ2) is 12.5. The lowest BCUT2D eigenvalue weighted by Crippen LogP contribution is -2.34. The van der Waals surface area contributed by atoms with E-state index in [0.29, 0.717) is 17.9 Å². The lowest BCUT2D eigenvalue weighted by molar-refractivity contribution is 0.0977. The van der Waals surface area contributed by atoms with Gasteiger partial charge in [-0.15, -0.1) is 0 Å². The van der Waals surface area contributed by atoms with E-state index in [9.17, 15) is 4.79 Å². The molecule has 0 heterocycles. The summed E-state index contributed by atoms with van der Waals surface area (Å²) >= 11 is 5.27. The summed E-state index contributed by atoms with van der Waals surface area (Å²) in [6.45, 7) is 2.87. The van der Waals surface area contributed by atoms with Crippen LogP contribution in [0.2, 0.25) is 0 Å². The van der Waals surface area contributed by atoms with E-state index in [1.165, 1.54) is 19.3 Å². The van der Waals surface area contributed by atoms with Crippen molar-refractivity contribution in [2.45, 2.75) is 32.6 Å². The number of carbonyl (C=O) groups is 1. The largest absolute Gasteiger partial charge is 0.494 e. The molecule has 1 amide bonds. The number of ether oxygens (including phenoxy) is 2. The van der Waals surface area contributed by atoms with E-state index in [-0.39, 0.29) is 11.0 Å². The molecule has 5 nitrogen and oxygen atoms in total. The van der Waals surface area contributed by atoms with Crippen molar-refractivity contribution in [3.63, 3.8) is 0 Å². The number of hydrogen-bond donors (Lipinski definition) is 2. The van der Waals surface area contributed by atoms with Gasteiger partial charge in [-0.1, -0.05) is 44.4 Å². The minimum Gasteiger partial charge on any atom is -0.494 e. The van der Waals surface area contributed by atoms with Crippen LogP contribution in [0.5, 0.6) is 17.2 Å². The second-order valence-electron chi connectivity index (χ2n) is 7.28. The average molecular weight is 449 g/mol. The predicted molar refractivity (Wildman–Crippen MR) is 133 cm³/mol. The average Bonchev–Trinajstić information content (AvgIpc) is 2.81. The van der Waals surface area contributed by atoms with E-state index < -0.39 is 0 Å². The van der Waals surface area contributed by atoms with Gasteiger partial charge in [-0.25, -0.2) is 0 Å². The van der Waals surface area contributed by atoms with Crippen molar-refractivity contribution in [2.24, 2.45) is 0 Å². The first kappa shape index (κ1) is 23.3. The molecule has 6 heteroatoms. The quantitative estimate of drug-likeness (QED) is 0.271. The topological polar surface area (TPSA) is 59.6 Å². The maximum absolute atomic E-state index is 12.4. The first-order valence-corrected chi connectivity index (χ1v) is 11.2. The number of benzene rings is 3. The van der Waals surface area contributed by atoms with Crippen LogP contribution in [0.15, 0.2) is 78.9 Å². The van der Waals surface area contributed by atoms with Crippen LogP contribution in [0, 0.1) is 0 Å². The summed E-state index contributed by atoms with van der Waals surface area (Å²) in [6, 6.07) is 24.0. The molecule has 0 aliphatic rings. The molecule has 32 heavy (non-hydrogen) atoms. The second-order valence-corrected chi connectivity index (χ2v) is 7.69. The molecule has 0 atom stereocenters. The molecule has 0 radical (unpaired) electrons. The third-order valence-corrected chi connectivity index (χ3v) is 4.91. The molecule has 2 N–H and O–H groups in total. The van der Waals surface area contributed by atoms with Crippen molar-refractivity contribution in [3.8, 4) is 17.2 Å². The van der Waals surface area contributed by atoms with Gasteiger partial charge in [0.1, 0.15) is 17.2 Å². The maximum atomic E-state index is 12.4. The van der Waals surface area contributed by atoms with Crippen molar-refractivity contribution >= 4 is 28.9 Å². The first-order valence-electron chi connectivity index (χ1n) is 10.8. The highest BCUT2D eigenvalue weighted by Crippen LogP contribution is 2.22. The maximum Gasteiger partial charge on any atom is 0.257 e. The summed E-state index contributed by atoms with van der Waals surface area (Å²) in [6.07, 6.45) is 4.64. The molecule has 0 aliphatic heterocycles. The Morgan fingerprint density at radius 3 is 2.16 bits per heavy atom. The Balaban J connectivity index is 1.44. The molecule has 0 fully saturated rings. The number of nitrogens with one attached hydrogen (secondary N) is 2. The summed E-state index contributed by atoms with van der Waals surface area (Å²) in [5.74, 6) is 1.96. The SMILES string of the molecule is CCCCCCOc1ccc(C(=O)NC(=S)Nc2ccc(Oc3ccccc3)cc2)cc1. The highest BCUT2D eigenvalue weighted by Gasteiger charge is 2.08. The minimum absolute atomic E-state index is 0.225. The number of amides is 1. The van der Waals surface area contributed by atoms with E-state index >= 15 is 0 Å². The molecule has 0 spiro atoms. The number of hydrogen-bond acceptors (Lipinski definition) is 4. The van der Waals surface area contributed by atoms with Crippen LogP contribution in [-0.2, 0) is 0 Å². The zero-order valence-corrected chi connectivity index (χ0v) is 19.0. The van der Waals surface area contributed by atoms with Crippen LogP contribution in [-0.4, -0.2) is 17.6 Å². The molecule has 0 saturated carbocycles. The monoisotopic (exact) mass is 448 g/mol. The lowest BCUT2D eigenvalue weighted by Gasteiger charge is -2.11. The first-order chi connectivity index (χ1) is 15.6. The Morgan fingerprint density at radius 2 is 1.47 bits per heavy atom. The van der Waals surface area contributed by atoms with Gasteiger partial charge in [0.15, 0.2) is 5.11 Å². The van der Waals surface area contributed by atoms with Gasteiger partial charge in [0.2, 0.25) is 0 Å². The zero-order valence-electron chi connectivity index (χ0n) is 18.2. The highest BCUT2D eigenvalue weighted by molar-refractivity contribution is 7.80. The standard InChI is InChI=1S/C26H28N2O3S/c1-2-3-4-8-19-30-22-15-11-20(12-16-22)25(29)28-26(32)27-21-13-17-24(18-14-21)31-23-9-6-5-7-10-23/h5-7,9-18H,2-4,8,19H2,1H3,(H2,27,28,29,32). The normalized spacial score (nSPS) is 10.3. The molecular formula is C26H28N2O3S. The number of unbranched alkanes of at least 4 members (excludes halogenated alkanes) is 3. The van der Waals surface area contributed by atoms with Gasteiger partial charge >= 0.3 is 0 Å². The summed E-state index contributed by atoms with van der Waals surface area (Å²) in [5, 5.41) is 5.93. The number of anilines is 1. The van der Waals surface area contributed by atoms with Crippen molar-refractivity contribution in [3.05, 3.63) is 84.4 Å². The molecule has 0 unspecified atom stereocenters. The molecular weight excluding hydrogens is 420 g/mol. The highest BCUT2D eigenvalue weighted by atomic mass is 32.1. The van der Waals surface area contributed by atoms with Gasteiger partial charge in [0, 0.05) is 11.3 Å². The Labute approximate surface area is 194 Å². The van der Waals surface area contributed by atoms with E-state index in [0.717, 1.165) is 23.6 Å². The van der Waals surface area contributed by atoms with Gasteiger partial charge in [0.25, 0.3) is 5.91 Å². The van der Waals surface area contributed by atoms with E-state index in [1.807, 2.05) is 54.6 Å². The fourth-order valence-corrected chi connectivity index (χ4v) is 3.20. The van der Waals surface area contributed by atoms with E-state index in [2.05, 4.69) is 17.6 Å². The fraction of sp³-hybridized carbons (Fsp3) is 0.231. The molecule has 3 aromatic rings. The Kier molecular flexibility index (Phi) is 9.07. The number of thiocarbonyl (C=S) groups is 1. The van der Waals surface area contributed by atoms with Crippen LogP contribution >= 0.6 is 12.2 Å². The number of para-hydroxylation sites is 1. The molecule has 166 valence electrons. The molecule has 3 rings (SSSR count). The molecule has 3 aromatic carbocycles. The smallest absolute Gasteiger partial charge is 0.257 e. The molecule has 0 saturated heterocycles. The molecule has 0 bridgehead atoms. The Bertz CT molecular complexity index is 990. The zero-order chi connectivity index (χ0) is 22.6.